The summed E-state index contributed by atoms with van der Waals surface area (Å²) in [7, 11) is 0. The van der Waals surface area contributed by atoms with E-state index >= 15 is 0 Å². The average molecular weight is 433 g/mol. The first-order valence-corrected chi connectivity index (χ1v) is 11.4. The Morgan fingerprint density at radius 3 is 2.44 bits per heavy atom. The molecular weight excluding hydrogens is 404 g/mol. The summed E-state index contributed by atoms with van der Waals surface area (Å²) >= 11 is 0. The second-order valence-corrected chi connectivity index (χ2v) is 8.64. The number of nitrogens with one attached hydrogen (secondary N) is 1. The lowest BCUT2D eigenvalue weighted by atomic mass is 10.0. The maximum Gasteiger partial charge on any atom is 0.319 e. The van der Waals surface area contributed by atoms with Crippen molar-refractivity contribution in [3.63, 3.8) is 0 Å². The number of piperidine rings is 1. The fourth-order valence-electron chi connectivity index (χ4n) is 4.56. The predicted octanol–water partition coefficient (Wildman–Crippen LogP) is 2.89. The lowest BCUT2D eigenvalue weighted by Crippen LogP contribution is -2.50. The largest absolute Gasteiger partial charge is 0.349 e. The summed E-state index contributed by atoms with van der Waals surface area (Å²) in [6, 6.07) is 12.2. The third kappa shape index (κ3) is 4.30. The van der Waals surface area contributed by atoms with E-state index in [1.807, 2.05) is 32.6 Å². The number of aromatic nitrogens is 3. The van der Waals surface area contributed by atoms with Gasteiger partial charge in [0.25, 0.3) is 5.91 Å². The Morgan fingerprint density at radius 1 is 0.969 bits per heavy atom. The van der Waals surface area contributed by atoms with Crippen molar-refractivity contribution in [2.24, 2.45) is 0 Å². The second kappa shape index (κ2) is 8.98. The summed E-state index contributed by atoms with van der Waals surface area (Å²) in [5.74, 6) is -0.138. The summed E-state index contributed by atoms with van der Waals surface area (Å²) in [6.07, 6.45) is 7.12. The number of carbonyl (C=O) groups excluding carboxylic acids is 2. The van der Waals surface area contributed by atoms with Crippen molar-refractivity contribution in [3.05, 3.63) is 60.0 Å². The average Bonchev–Trinajstić information content (AvgIpc) is 3.50. The molecule has 0 spiro atoms. The van der Waals surface area contributed by atoms with Crippen molar-refractivity contribution >= 4 is 23.1 Å². The molecule has 0 bridgehead atoms. The molecule has 1 aromatic carbocycles. The van der Waals surface area contributed by atoms with E-state index in [9.17, 15) is 9.59 Å². The zero-order valence-electron chi connectivity index (χ0n) is 18.1. The molecule has 32 heavy (non-hydrogen) atoms. The minimum atomic E-state index is -0.138. The summed E-state index contributed by atoms with van der Waals surface area (Å²) in [6.45, 7) is 3.78. The SMILES string of the molecule is O=C(NC1CCN(C(=O)N2CCCC2)CC1)c1cnc2c(c1)ncn2Cc1ccccc1. The lowest BCUT2D eigenvalue weighted by molar-refractivity contribution is 0.0912. The van der Waals surface area contributed by atoms with E-state index in [1.165, 1.54) is 5.56 Å². The van der Waals surface area contributed by atoms with E-state index in [0.29, 0.717) is 30.7 Å². The lowest BCUT2D eigenvalue weighted by Gasteiger charge is -2.34. The van der Waals surface area contributed by atoms with Crippen molar-refractivity contribution in [2.45, 2.75) is 38.3 Å². The van der Waals surface area contributed by atoms with E-state index in [4.69, 9.17) is 0 Å². The quantitative estimate of drug-likeness (QED) is 0.687. The van der Waals surface area contributed by atoms with Crippen molar-refractivity contribution in [1.29, 1.82) is 0 Å². The topological polar surface area (TPSA) is 83.4 Å². The van der Waals surface area contributed by atoms with Crippen LogP contribution in [0.3, 0.4) is 0 Å². The summed E-state index contributed by atoms with van der Waals surface area (Å²) in [4.78, 5) is 38.2. The molecule has 166 valence electrons. The molecule has 5 rings (SSSR count). The molecule has 2 aromatic heterocycles. The maximum absolute atomic E-state index is 12.8. The molecule has 0 radical (unpaired) electrons. The minimum Gasteiger partial charge on any atom is -0.349 e. The van der Waals surface area contributed by atoms with Gasteiger partial charge in [-0.2, -0.15) is 0 Å². The number of amides is 3. The van der Waals surface area contributed by atoms with Gasteiger partial charge in [0.1, 0.15) is 5.52 Å². The van der Waals surface area contributed by atoms with E-state index < -0.39 is 0 Å². The van der Waals surface area contributed by atoms with Gasteiger partial charge in [-0.05, 0) is 37.3 Å². The number of rotatable bonds is 4. The molecular formula is C24H28N6O2. The van der Waals surface area contributed by atoms with Gasteiger partial charge in [-0.1, -0.05) is 30.3 Å². The zero-order chi connectivity index (χ0) is 21.9. The smallest absolute Gasteiger partial charge is 0.319 e. The molecule has 2 fully saturated rings. The monoisotopic (exact) mass is 432 g/mol. The standard InChI is InChI=1S/C24H28N6O2/c31-23(27-20-8-12-29(13-9-20)24(32)28-10-4-5-11-28)19-14-21-22(25-15-19)30(17-26-21)16-18-6-2-1-3-7-18/h1-3,6-7,14-15,17,20H,4-5,8-13,16H2,(H,27,31). The van der Waals surface area contributed by atoms with Crippen LogP contribution in [-0.2, 0) is 6.54 Å². The highest BCUT2D eigenvalue weighted by Crippen LogP contribution is 2.18. The number of likely N-dealkylation sites (tertiary alicyclic amines) is 2. The molecule has 4 heterocycles. The first kappa shape index (κ1) is 20.5. The molecule has 2 aliphatic heterocycles. The summed E-state index contributed by atoms with van der Waals surface area (Å²) in [5.41, 5.74) is 3.15. The van der Waals surface area contributed by atoms with Gasteiger partial charge in [-0.3, -0.25) is 4.79 Å². The van der Waals surface area contributed by atoms with Gasteiger partial charge in [0, 0.05) is 38.4 Å². The van der Waals surface area contributed by atoms with Crippen LogP contribution >= 0.6 is 0 Å². The summed E-state index contributed by atoms with van der Waals surface area (Å²) in [5, 5.41) is 3.11. The number of carbonyl (C=O) groups is 2. The van der Waals surface area contributed by atoms with Crippen LogP contribution in [0, 0.1) is 0 Å². The van der Waals surface area contributed by atoms with Crippen molar-refractivity contribution in [3.8, 4) is 0 Å². The van der Waals surface area contributed by atoms with E-state index in [2.05, 4.69) is 27.4 Å². The van der Waals surface area contributed by atoms with Crippen LogP contribution in [0.4, 0.5) is 4.79 Å². The maximum atomic E-state index is 12.8. The van der Waals surface area contributed by atoms with Crippen LogP contribution in [0.1, 0.15) is 41.6 Å². The first-order chi connectivity index (χ1) is 15.7. The molecule has 8 nitrogen and oxygen atoms in total. The van der Waals surface area contributed by atoms with Crippen LogP contribution in [0.5, 0.6) is 0 Å². The Kier molecular flexibility index (Phi) is 5.75. The predicted molar refractivity (Wildman–Crippen MR) is 121 cm³/mol. The molecule has 8 heteroatoms. The highest BCUT2D eigenvalue weighted by atomic mass is 16.2. The number of hydrogen-bond acceptors (Lipinski definition) is 4. The van der Waals surface area contributed by atoms with Crippen molar-refractivity contribution in [1.82, 2.24) is 29.7 Å². The third-order valence-electron chi connectivity index (χ3n) is 6.39. The number of fused-ring (bicyclic) bond motifs is 1. The molecule has 2 aliphatic rings. The Balaban J connectivity index is 1.19. The number of benzene rings is 1. The molecule has 3 aromatic rings. The molecule has 0 unspecified atom stereocenters. The number of hydrogen-bond donors (Lipinski definition) is 1. The normalized spacial score (nSPS) is 17.1. The summed E-state index contributed by atoms with van der Waals surface area (Å²) < 4.78 is 1.99. The van der Waals surface area contributed by atoms with Crippen molar-refractivity contribution in [2.75, 3.05) is 26.2 Å². The van der Waals surface area contributed by atoms with Gasteiger partial charge in [-0.25, -0.2) is 14.8 Å². The zero-order valence-corrected chi connectivity index (χ0v) is 18.1. The molecule has 3 amide bonds. The number of nitrogens with zero attached hydrogens (tertiary/aromatic N) is 5. The van der Waals surface area contributed by atoms with Gasteiger partial charge >= 0.3 is 6.03 Å². The van der Waals surface area contributed by atoms with E-state index in [0.717, 1.165) is 44.4 Å². The number of urea groups is 1. The minimum absolute atomic E-state index is 0.0662. The van der Waals surface area contributed by atoms with Crippen LogP contribution in [0.2, 0.25) is 0 Å². The number of pyridine rings is 1. The molecule has 0 saturated carbocycles. The van der Waals surface area contributed by atoms with Gasteiger partial charge < -0.3 is 19.7 Å². The molecule has 0 aliphatic carbocycles. The fraction of sp³-hybridized carbons (Fsp3) is 0.417. The molecule has 2 saturated heterocycles. The third-order valence-corrected chi connectivity index (χ3v) is 6.39. The van der Waals surface area contributed by atoms with Crippen LogP contribution < -0.4 is 5.32 Å². The highest BCUT2D eigenvalue weighted by molar-refractivity contribution is 5.96. The van der Waals surface area contributed by atoms with Crippen molar-refractivity contribution < 1.29 is 9.59 Å². The van der Waals surface area contributed by atoms with Gasteiger partial charge in [0.05, 0.1) is 18.4 Å². The molecule has 0 atom stereocenters. The highest BCUT2D eigenvalue weighted by Gasteiger charge is 2.28. The van der Waals surface area contributed by atoms with Crippen LogP contribution in [-0.4, -0.2) is 68.5 Å². The van der Waals surface area contributed by atoms with Gasteiger partial charge in [-0.15, -0.1) is 0 Å². The number of imidazole rings is 1. The Bertz CT molecular complexity index is 1100. The van der Waals surface area contributed by atoms with E-state index in [-0.39, 0.29) is 18.0 Å². The fourth-order valence-corrected chi connectivity index (χ4v) is 4.56. The van der Waals surface area contributed by atoms with Crippen LogP contribution in [0.25, 0.3) is 11.2 Å². The van der Waals surface area contributed by atoms with E-state index in [1.54, 1.807) is 18.6 Å². The van der Waals surface area contributed by atoms with Crippen LogP contribution in [0.15, 0.2) is 48.9 Å². The first-order valence-electron chi connectivity index (χ1n) is 11.4. The van der Waals surface area contributed by atoms with Gasteiger partial charge in [0.2, 0.25) is 0 Å². The second-order valence-electron chi connectivity index (χ2n) is 8.64. The Hall–Kier alpha value is -3.42. The van der Waals surface area contributed by atoms with Gasteiger partial charge in [0.15, 0.2) is 5.65 Å². The Labute approximate surface area is 187 Å². The molecule has 1 N–H and O–H groups in total. The Morgan fingerprint density at radius 2 is 1.69 bits per heavy atom.